The van der Waals surface area contributed by atoms with Gasteiger partial charge in [-0.3, -0.25) is 0 Å². The molecule has 0 fully saturated rings. The number of aryl methyl sites for hydroxylation is 2. The van der Waals surface area contributed by atoms with Gasteiger partial charge in [-0.05, 0) is 28.5 Å². The largest absolute Gasteiger partial charge is 0.487 e. The van der Waals surface area contributed by atoms with Crippen LogP contribution in [-0.2, 0) is 19.7 Å². The van der Waals surface area contributed by atoms with Gasteiger partial charge in [0.2, 0.25) is 0 Å². The maximum Gasteiger partial charge on any atom is 0.342 e. The summed E-state index contributed by atoms with van der Waals surface area (Å²) in [5.74, 6) is 1.82. The summed E-state index contributed by atoms with van der Waals surface area (Å²) in [7, 11) is 0. The van der Waals surface area contributed by atoms with Crippen molar-refractivity contribution in [2.75, 3.05) is 0 Å². The maximum absolute atomic E-state index is 11.0. The van der Waals surface area contributed by atoms with Gasteiger partial charge in [0, 0.05) is 6.92 Å². The Bertz CT molecular complexity index is 914. The molecule has 2 heterocycles. The van der Waals surface area contributed by atoms with E-state index in [-0.39, 0.29) is 5.82 Å². The zero-order valence-corrected chi connectivity index (χ0v) is 15.6. The van der Waals surface area contributed by atoms with Crippen LogP contribution in [0.3, 0.4) is 0 Å². The van der Waals surface area contributed by atoms with Crippen LogP contribution in [0.4, 0.5) is 5.82 Å². The monoisotopic (exact) mass is 370 g/mol. The molecule has 0 N–H and O–H groups in total. The van der Waals surface area contributed by atoms with Gasteiger partial charge < -0.3 is 14.9 Å². The third kappa shape index (κ3) is 4.49. The van der Waals surface area contributed by atoms with Gasteiger partial charge in [-0.1, -0.05) is 31.2 Å². The van der Waals surface area contributed by atoms with Crippen LogP contribution in [-0.4, -0.2) is 29.5 Å². The first-order valence-electron chi connectivity index (χ1n) is 8.72. The van der Waals surface area contributed by atoms with Crippen molar-refractivity contribution in [3.63, 3.8) is 0 Å². The highest BCUT2D eigenvalue weighted by molar-refractivity contribution is 5.29. The molecule has 0 aliphatic heterocycles. The third-order valence-corrected chi connectivity index (χ3v) is 4.29. The highest BCUT2D eigenvalue weighted by Gasteiger charge is 2.17. The molecule has 0 aliphatic carbocycles. The Morgan fingerprint density at radius 1 is 1.22 bits per heavy atom. The number of hydrogen-bond acceptors (Lipinski definition) is 6. The number of nitrogens with zero attached hydrogens (tertiary/aromatic N) is 6. The molecule has 3 aromatic rings. The normalized spacial score (nSPS) is 11.1. The maximum atomic E-state index is 11.0. The fourth-order valence-electron chi connectivity index (χ4n) is 2.70. The number of aromatic nitrogens is 5. The fourth-order valence-corrected chi connectivity index (χ4v) is 2.70. The van der Waals surface area contributed by atoms with Crippen LogP contribution in [0, 0.1) is 17.0 Å². The van der Waals surface area contributed by atoms with Crippen molar-refractivity contribution in [2.45, 2.75) is 46.4 Å². The van der Waals surface area contributed by atoms with Crippen molar-refractivity contribution in [1.29, 1.82) is 0 Å². The first kappa shape index (κ1) is 18.6. The summed E-state index contributed by atoms with van der Waals surface area (Å²) in [6.07, 6.45) is 3.04. The molecule has 0 saturated heterocycles. The average molecular weight is 370 g/mol. The van der Waals surface area contributed by atoms with Crippen molar-refractivity contribution < 1.29 is 9.66 Å². The Morgan fingerprint density at radius 2 is 1.96 bits per heavy atom. The van der Waals surface area contributed by atoms with Crippen LogP contribution >= 0.6 is 0 Å². The molecule has 142 valence electrons. The summed E-state index contributed by atoms with van der Waals surface area (Å²) in [6.45, 7) is 7.18. The van der Waals surface area contributed by atoms with Gasteiger partial charge in [0.05, 0.1) is 12.7 Å². The Balaban J connectivity index is 1.56. The van der Waals surface area contributed by atoms with Crippen LogP contribution in [0.1, 0.15) is 36.8 Å². The molecule has 1 aromatic carbocycles. The lowest BCUT2D eigenvalue weighted by atomic mass is 10.0. The van der Waals surface area contributed by atoms with E-state index in [1.807, 2.05) is 12.1 Å². The van der Waals surface area contributed by atoms with E-state index in [4.69, 9.17) is 4.74 Å². The second-order valence-corrected chi connectivity index (χ2v) is 6.56. The van der Waals surface area contributed by atoms with Crippen LogP contribution in [0.2, 0.25) is 0 Å². The van der Waals surface area contributed by atoms with E-state index in [1.165, 1.54) is 11.8 Å². The molecule has 0 aliphatic rings. The molecule has 3 rings (SSSR count). The molecule has 9 heteroatoms. The van der Waals surface area contributed by atoms with Crippen LogP contribution in [0.5, 0.6) is 5.75 Å². The van der Waals surface area contributed by atoms with E-state index in [1.54, 1.807) is 22.4 Å². The number of hydrogen-bond donors (Lipinski definition) is 0. The zero-order valence-electron chi connectivity index (χ0n) is 15.6. The van der Waals surface area contributed by atoms with Gasteiger partial charge in [0.1, 0.15) is 30.8 Å². The number of nitro groups is 1. The lowest BCUT2D eigenvalue weighted by molar-refractivity contribution is -0.392. The summed E-state index contributed by atoms with van der Waals surface area (Å²) in [5, 5.41) is 19.2. The van der Waals surface area contributed by atoms with E-state index in [9.17, 15) is 10.1 Å². The molecule has 0 unspecified atom stereocenters. The number of imidazole rings is 1. The molecule has 0 atom stereocenters. The smallest absolute Gasteiger partial charge is 0.342 e. The van der Waals surface area contributed by atoms with Gasteiger partial charge in [-0.15, -0.1) is 5.10 Å². The summed E-state index contributed by atoms with van der Waals surface area (Å²) < 4.78 is 8.93. The minimum absolute atomic E-state index is 0.0268. The van der Waals surface area contributed by atoms with Crippen LogP contribution < -0.4 is 4.74 Å². The van der Waals surface area contributed by atoms with Crippen molar-refractivity contribution in [3.8, 4) is 5.75 Å². The van der Waals surface area contributed by atoms with Gasteiger partial charge in [-0.25, -0.2) is 14.2 Å². The SMILES string of the molecule is Cc1ncc([N+](=O)[O-])n1CCn1cc(COc2ccc(C(C)C)cc2)nn1. The Hall–Kier alpha value is -3.23. The molecule has 0 bridgehead atoms. The summed E-state index contributed by atoms with van der Waals surface area (Å²) >= 11 is 0. The molecule has 2 aromatic heterocycles. The van der Waals surface area contributed by atoms with E-state index in [0.717, 1.165) is 5.75 Å². The summed E-state index contributed by atoms with van der Waals surface area (Å²) in [4.78, 5) is 14.6. The minimum atomic E-state index is -0.439. The van der Waals surface area contributed by atoms with Gasteiger partial charge in [-0.2, -0.15) is 0 Å². The van der Waals surface area contributed by atoms with Crippen LogP contribution in [0.15, 0.2) is 36.7 Å². The highest BCUT2D eigenvalue weighted by Crippen LogP contribution is 2.19. The van der Waals surface area contributed by atoms with Crippen molar-refractivity contribution in [1.82, 2.24) is 24.5 Å². The Morgan fingerprint density at radius 3 is 2.63 bits per heavy atom. The highest BCUT2D eigenvalue weighted by atomic mass is 16.6. The predicted molar refractivity (Wildman–Crippen MR) is 98.5 cm³/mol. The first-order valence-corrected chi connectivity index (χ1v) is 8.72. The molecule has 27 heavy (non-hydrogen) atoms. The molecular weight excluding hydrogens is 348 g/mol. The number of rotatable bonds is 8. The van der Waals surface area contributed by atoms with Crippen molar-refractivity contribution in [3.05, 3.63) is 63.9 Å². The van der Waals surface area contributed by atoms with E-state index >= 15 is 0 Å². The van der Waals surface area contributed by atoms with Crippen LogP contribution in [0.25, 0.3) is 0 Å². The number of ether oxygens (including phenoxy) is 1. The topological polar surface area (TPSA) is 101 Å². The minimum Gasteiger partial charge on any atom is -0.487 e. The molecule has 0 amide bonds. The average Bonchev–Trinajstić information content (AvgIpc) is 3.25. The molecule has 9 nitrogen and oxygen atoms in total. The lowest BCUT2D eigenvalue weighted by Crippen LogP contribution is -2.11. The van der Waals surface area contributed by atoms with Gasteiger partial charge in [0.15, 0.2) is 5.82 Å². The fraction of sp³-hybridized carbons (Fsp3) is 0.389. The van der Waals surface area contributed by atoms with Gasteiger partial charge >= 0.3 is 5.82 Å². The van der Waals surface area contributed by atoms with E-state index in [0.29, 0.717) is 37.1 Å². The summed E-state index contributed by atoms with van der Waals surface area (Å²) in [6, 6.07) is 8.00. The quantitative estimate of drug-likeness (QED) is 0.446. The van der Waals surface area contributed by atoms with E-state index < -0.39 is 4.92 Å². The van der Waals surface area contributed by atoms with Crippen molar-refractivity contribution >= 4 is 5.82 Å². The molecule has 0 saturated carbocycles. The standard InChI is InChI=1S/C18H22N6O3/c1-13(2)15-4-6-17(7-5-15)27-12-16-11-22(21-20-16)8-9-23-14(3)19-10-18(23)24(25)26/h4-7,10-11,13H,8-9,12H2,1-3H3. The van der Waals surface area contributed by atoms with Gasteiger partial charge in [0.25, 0.3) is 0 Å². The zero-order chi connectivity index (χ0) is 19.4. The third-order valence-electron chi connectivity index (χ3n) is 4.29. The molecular formula is C18H22N6O3. The molecule has 0 radical (unpaired) electrons. The first-order chi connectivity index (χ1) is 12.9. The summed E-state index contributed by atoms with van der Waals surface area (Å²) in [5.41, 5.74) is 1.96. The Labute approximate surface area is 156 Å². The number of benzene rings is 1. The Kier molecular flexibility index (Phi) is 5.49. The predicted octanol–water partition coefficient (Wildman–Crippen LogP) is 3.09. The van der Waals surface area contributed by atoms with E-state index in [2.05, 4.69) is 41.3 Å². The second-order valence-electron chi connectivity index (χ2n) is 6.56. The van der Waals surface area contributed by atoms with Crippen molar-refractivity contribution in [2.24, 2.45) is 0 Å². The molecule has 0 spiro atoms. The second kappa shape index (κ2) is 7.98. The lowest BCUT2D eigenvalue weighted by Gasteiger charge is -2.07.